The molecule has 3 aromatic rings. The quantitative estimate of drug-likeness (QED) is 0.492. The lowest BCUT2D eigenvalue weighted by Gasteiger charge is -2.09. The van der Waals surface area contributed by atoms with Gasteiger partial charge in [-0.2, -0.15) is 0 Å². The summed E-state index contributed by atoms with van der Waals surface area (Å²) < 4.78 is 15.0. The molecule has 1 heterocycles. The number of aromatic nitrogens is 3. The normalized spacial score (nSPS) is 10.7. The highest BCUT2D eigenvalue weighted by Crippen LogP contribution is 2.23. The van der Waals surface area contributed by atoms with E-state index in [0.29, 0.717) is 32.3 Å². The summed E-state index contributed by atoms with van der Waals surface area (Å²) in [5, 5.41) is 14.7. The van der Waals surface area contributed by atoms with E-state index in [4.69, 9.17) is 23.2 Å². The van der Waals surface area contributed by atoms with Crippen LogP contribution in [0.2, 0.25) is 10.0 Å². The van der Waals surface area contributed by atoms with Crippen molar-refractivity contribution < 1.29 is 14.0 Å². The average molecular weight is 482 g/mol. The van der Waals surface area contributed by atoms with E-state index in [-0.39, 0.29) is 24.1 Å². The maximum atomic E-state index is 13.4. The third-order valence-electron chi connectivity index (χ3n) is 4.32. The smallest absolute Gasteiger partial charge is 0.251 e. The van der Waals surface area contributed by atoms with Crippen LogP contribution in [0.3, 0.4) is 0 Å². The number of amides is 2. The van der Waals surface area contributed by atoms with Crippen molar-refractivity contribution in [2.24, 2.45) is 7.05 Å². The third-order valence-corrected chi connectivity index (χ3v) is 6.08. The Morgan fingerprint density at radius 2 is 1.90 bits per heavy atom. The van der Waals surface area contributed by atoms with Gasteiger partial charge in [-0.3, -0.25) is 9.59 Å². The molecular weight excluding hydrogens is 464 g/mol. The van der Waals surface area contributed by atoms with Gasteiger partial charge in [0.1, 0.15) is 5.82 Å². The lowest BCUT2D eigenvalue weighted by Crippen LogP contribution is -2.24. The molecule has 0 bridgehead atoms. The fourth-order valence-corrected chi connectivity index (χ4v) is 3.60. The van der Waals surface area contributed by atoms with Crippen molar-refractivity contribution in [2.75, 3.05) is 11.1 Å². The molecule has 2 aromatic carbocycles. The van der Waals surface area contributed by atoms with Gasteiger partial charge in [0.15, 0.2) is 11.0 Å². The van der Waals surface area contributed by atoms with Gasteiger partial charge in [0.2, 0.25) is 5.91 Å². The number of carbonyl (C=O) groups excluding carboxylic acids is 2. The number of thioether (sulfide) groups is 1. The van der Waals surface area contributed by atoms with Crippen molar-refractivity contribution in [3.05, 3.63) is 69.2 Å². The van der Waals surface area contributed by atoms with Crippen LogP contribution < -0.4 is 10.6 Å². The van der Waals surface area contributed by atoms with Gasteiger partial charge in [0.05, 0.1) is 22.3 Å². The zero-order chi connectivity index (χ0) is 22.5. The maximum absolute atomic E-state index is 13.4. The summed E-state index contributed by atoms with van der Waals surface area (Å²) in [6.07, 6.45) is 0. The topological polar surface area (TPSA) is 88.9 Å². The zero-order valence-electron chi connectivity index (χ0n) is 16.6. The molecule has 2 amide bonds. The molecule has 0 saturated carbocycles. The molecule has 0 aliphatic carbocycles. The number of rotatable bonds is 7. The fourth-order valence-electron chi connectivity index (χ4n) is 2.57. The van der Waals surface area contributed by atoms with Crippen molar-refractivity contribution in [2.45, 2.75) is 18.6 Å². The summed E-state index contributed by atoms with van der Waals surface area (Å²) in [5.41, 5.74) is 1.56. The van der Waals surface area contributed by atoms with Gasteiger partial charge in [-0.25, -0.2) is 4.39 Å². The van der Waals surface area contributed by atoms with Crippen LogP contribution in [0, 0.1) is 12.7 Å². The van der Waals surface area contributed by atoms with Crippen LogP contribution in [-0.4, -0.2) is 32.3 Å². The van der Waals surface area contributed by atoms with Crippen LogP contribution in [0.1, 0.15) is 21.7 Å². The summed E-state index contributed by atoms with van der Waals surface area (Å²) in [5.74, 6) is -0.471. The Kier molecular flexibility index (Phi) is 7.53. The van der Waals surface area contributed by atoms with E-state index in [1.165, 1.54) is 30.0 Å². The second-order valence-corrected chi connectivity index (χ2v) is 8.32. The van der Waals surface area contributed by atoms with E-state index in [1.807, 2.05) is 0 Å². The number of benzene rings is 2. The minimum Gasteiger partial charge on any atom is -0.345 e. The van der Waals surface area contributed by atoms with Crippen LogP contribution >= 0.6 is 35.0 Å². The molecule has 0 radical (unpaired) electrons. The van der Waals surface area contributed by atoms with Crippen LogP contribution in [-0.2, 0) is 18.4 Å². The number of carbonyl (C=O) groups is 2. The molecule has 162 valence electrons. The van der Waals surface area contributed by atoms with Crippen LogP contribution in [0.4, 0.5) is 10.1 Å². The predicted molar refractivity (Wildman–Crippen MR) is 119 cm³/mol. The predicted octanol–water partition coefficient (Wildman–Crippen LogP) is 4.23. The van der Waals surface area contributed by atoms with Gasteiger partial charge < -0.3 is 15.2 Å². The summed E-state index contributed by atoms with van der Waals surface area (Å²) in [6.45, 7) is 1.92. The Labute approximate surface area is 192 Å². The summed E-state index contributed by atoms with van der Waals surface area (Å²) in [7, 11) is 1.73. The molecule has 3 rings (SSSR count). The highest BCUT2D eigenvalue weighted by atomic mass is 35.5. The van der Waals surface area contributed by atoms with Crippen LogP contribution in [0.5, 0.6) is 0 Å². The Balaban J connectivity index is 1.54. The van der Waals surface area contributed by atoms with E-state index < -0.39 is 5.82 Å². The van der Waals surface area contributed by atoms with E-state index >= 15 is 0 Å². The number of nitrogens with one attached hydrogen (secondary N) is 2. The Bertz CT molecular complexity index is 1140. The van der Waals surface area contributed by atoms with Crippen molar-refractivity contribution >= 4 is 52.5 Å². The molecule has 0 aliphatic rings. The molecule has 7 nitrogen and oxygen atoms in total. The number of anilines is 1. The molecule has 0 atom stereocenters. The molecule has 0 aliphatic heterocycles. The van der Waals surface area contributed by atoms with Crippen LogP contribution in [0.25, 0.3) is 0 Å². The van der Waals surface area contributed by atoms with E-state index in [0.717, 1.165) is 5.56 Å². The molecule has 11 heteroatoms. The minimum absolute atomic E-state index is 0.0670. The van der Waals surface area contributed by atoms with Gasteiger partial charge in [-0.15, -0.1) is 10.2 Å². The van der Waals surface area contributed by atoms with Gasteiger partial charge >= 0.3 is 0 Å². The SMILES string of the molecule is Cc1ccc(F)cc1NC(=O)CSc1nnc(CNC(=O)c2ccc(Cl)c(Cl)c2)n1C. The molecule has 2 N–H and O–H groups in total. The van der Waals surface area contributed by atoms with Crippen molar-refractivity contribution in [1.82, 2.24) is 20.1 Å². The van der Waals surface area contributed by atoms with Gasteiger partial charge in [0, 0.05) is 18.3 Å². The van der Waals surface area contributed by atoms with E-state index in [2.05, 4.69) is 20.8 Å². The summed E-state index contributed by atoms with van der Waals surface area (Å²) >= 11 is 13.0. The van der Waals surface area contributed by atoms with Crippen molar-refractivity contribution in [1.29, 1.82) is 0 Å². The van der Waals surface area contributed by atoms with Crippen molar-refractivity contribution in [3.63, 3.8) is 0 Å². The monoisotopic (exact) mass is 481 g/mol. The van der Waals surface area contributed by atoms with Gasteiger partial charge in [-0.05, 0) is 42.8 Å². The number of hydrogen-bond acceptors (Lipinski definition) is 5. The lowest BCUT2D eigenvalue weighted by molar-refractivity contribution is -0.113. The summed E-state index contributed by atoms with van der Waals surface area (Å²) in [4.78, 5) is 24.5. The number of aryl methyl sites for hydroxylation is 1. The van der Waals surface area contributed by atoms with Crippen LogP contribution in [0.15, 0.2) is 41.6 Å². The fraction of sp³-hybridized carbons (Fsp3) is 0.200. The molecule has 1 aromatic heterocycles. The molecular formula is C20H18Cl2FN5O2S. The zero-order valence-corrected chi connectivity index (χ0v) is 18.9. The second-order valence-electron chi connectivity index (χ2n) is 6.57. The number of nitrogens with zero attached hydrogens (tertiary/aromatic N) is 3. The highest BCUT2D eigenvalue weighted by molar-refractivity contribution is 7.99. The first-order valence-corrected chi connectivity index (χ1v) is 10.8. The maximum Gasteiger partial charge on any atom is 0.251 e. The van der Waals surface area contributed by atoms with Crippen molar-refractivity contribution in [3.8, 4) is 0 Å². The molecule has 0 fully saturated rings. The number of halogens is 3. The molecule has 31 heavy (non-hydrogen) atoms. The Hall–Kier alpha value is -2.62. The van der Waals surface area contributed by atoms with E-state index in [1.54, 1.807) is 36.7 Å². The largest absolute Gasteiger partial charge is 0.345 e. The lowest BCUT2D eigenvalue weighted by atomic mass is 10.2. The Morgan fingerprint density at radius 3 is 2.65 bits per heavy atom. The minimum atomic E-state index is -0.422. The standard InChI is InChI=1S/C20H18Cl2FN5O2S/c1-11-3-5-13(23)8-16(11)25-18(29)10-31-20-27-26-17(28(20)2)9-24-19(30)12-4-6-14(21)15(22)7-12/h3-8H,9-10H2,1-2H3,(H,24,30)(H,25,29). The number of hydrogen-bond donors (Lipinski definition) is 2. The molecule has 0 spiro atoms. The van der Waals surface area contributed by atoms with E-state index in [9.17, 15) is 14.0 Å². The highest BCUT2D eigenvalue weighted by Gasteiger charge is 2.14. The van der Waals surface area contributed by atoms with Gasteiger partial charge in [-0.1, -0.05) is 41.0 Å². The first kappa shape index (κ1) is 23.1. The second kappa shape index (κ2) is 10.1. The molecule has 0 saturated heterocycles. The third kappa shape index (κ3) is 5.96. The first-order chi connectivity index (χ1) is 14.7. The first-order valence-electron chi connectivity index (χ1n) is 9.05. The summed E-state index contributed by atoms with van der Waals surface area (Å²) in [6, 6.07) is 8.80. The average Bonchev–Trinajstić information content (AvgIpc) is 3.09. The van der Waals surface area contributed by atoms with Gasteiger partial charge in [0.25, 0.3) is 5.91 Å². The molecule has 0 unspecified atom stereocenters. The Morgan fingerprint density at radius 1 is 1.13 bits per heavy atom.